The van der Waals surface area contributed by atoms with Crippen LogP contribution >= 0.6 is 11.6 Å². The van der Waals surface area contributed by atoms with Gasteiger partial charge in [-0.3, -0.25) is 19.5 Å². The highest BCUT2D eigenvalue weighted by atomic mass is 35.5. The number of benzene rings is 1. The van der Waals surface area contributed by atoms with Gasteiger partial charge in [-0.2, -0.15) is 0 Å². The number of anilines is 2. The van der Waals surface area contributed by atoms with E-state index in [-0.39, 0.29) is 11.6 Å². The van der Waals surface area contributed by atoms with Crippen LogP contribution in [0.3, 0.4) is 0 Å². The van der Waals surface area contributed by atoms with Gasteiger partial charge in [0.2, 0.25) is 5.91 Å². The van der Waals surface area contributed by atoms with Crippen molar-refractivity contribution in [1.29, 1.82) is 0 Å². The Bertz CT molecular complexity index is 766. The second-order valence-electron chi connectivity index (χ2n) is 4.02. The number of aromatic amines is 1. The van der Waals surface area contributed by atoms with Crippen LogP contribution in [0.4, 0.5) is 11.4 Å². The number of nitrogens with zero attached hydrogens (tertiary/aromatic N) is 1. The second-order valence-corrected chi connectivity index (χ2v) is 4.43. The highest BCUT2D eigenvalue weighted by Crippen LogP contribution is 2.23. The fraction of sp³-hybridized carbons (Fsp3) is 0.0833. The van der Waals surface area contributed by atoms with Crippen LogP contribution < -0.4 is 22.2 Å². The molecule has 4 N–H and O–H groups in total. The zero-order valence-corrected chi connectivity index (χ0v) is 11.0. The maximum atomic E-state index is 11.8. The van der Waals surface area contributed by atoms with E-state index in [0.717, 1.165) is 16.8 Å². The van der Waals surface area contributed by atoms with Crippen molar-refractivity contribution in [2.75, 3.05) is 11.1 Å². The maximum absolute atomic E-state index is 11.8. The molecule has 8 heteroatoms. The summed E-state index contributed by atoms with van der Waals surface area (Å²) in [7, 11) is 0. The summed E-state index contributed by atoms with van der Waals surface area (Å²) in [5.74, 6) is -0.499. The lowest BCUT2D eigenvalue weighted by atomic mass is 10.3. The second kappa shape index (κ2) is 5.62. The molecule has 1 amide bonds. The maximum Gasteiger partial charge on any atom is 0.265 e. The van der Waals surface area contributed by atoms with Gasteiger partial charge in [-0.25, -0.2) is 4.68 Å². The Balaban J connectivity index is 2.15. The predicted molar refractivity (Wildman–Crippen MR) is 75.8 cm³/mol. The van der Waals surface area contributed by atoms with Crippen LogP contribution in [-0.4, -0.2) is 15.7 Å². The van der Waals surface area contributed by atoms with Crippen molar-refractivity contribution in [2.24, 2.45) is 0 Å². The van der Waals surface area contributed by atoms with Crippen LogP contribution in [-0.2, 0) is 11.3 Å². The van der Waals surface area contributed by atoms with Gasteiger partial charge in [-0.15, -0.1) is 0 Å². The normalized spacial score (nSPS) is 10.2. The fourth-order valence-electron chi connectivity index (χ4n) is 1.55. The summed E-state index contributed by atoms with van der Waals surface area (Å²) in [6.45, 7) is -0.324. The molecule has 2 aromatic rings. The van der Waals surface area contributed by atoms with E-state index in [0.29, 0.717) is 11.4 Å². The lowest BCUT2D eigenvalue weighted by Crippen LogP contribution is -2.32. The first kappa shape index (κ1) is 13.9. The summed E-state index contributed by atoms with van der Waals surface area (Å²) in [6.07, 6.45) is 0. The summed E-state index contributed by atoms with van der Waals surface area (Å²) in [4.78, 5) is 34.3. The first-order valence-electron chi connectivity index (χ1n) is 5.61. The SMILES string of the molecule is Nc1ccc(NC(=O)Cn2[nH]c(=O)ccc2=O)c(Cl)c1. The predicted octanol–water partition coefficient (Wildman–Crippen LogP) is 0.411. The molecule has 2 rings (SSSR count). The average molecular weight is 295 g/mol. The van der Waals surface area contributed by atoms with Crippen LogP contribution in [0, 0.1) is 0 Å². The minimum atomic E-state index is -0.499. The highest BCUT2D eigenvalue weighted by molar-refractivity contribution is 6.34. The Hall–Kier alpha value is -2.54. The van der Waals surface area contributed by atoms with E-state index in [9.17, 15) is 14.4 Å². The molecule has 0 aliphatic rings. The summed E-state index contributed by atoms with van der Waals surface area (Å²) in [5, 5.41) is 5.06. The zero-order chi connectivity index (χ0) is 14.7. The van der Waals surface area contributed by atoms with Crippen molar-refractivity contribution >= 4 is 28.9 Å². The molecule has 0 saturated heterocycles. The highest BCUT2D eigenvalue weighted by Gasteiger charge is 2.08. The van der Waals surface area contributed by atoms with E-state index < -0.39 is 17.0 Å². The van der Waals surface area contributed by atoms with Crippen LogP contribution in [0.15, 0.2) is 39.9 Å². The standard InChI is InChI=1S/C12H11ClN4O3/c13-8-5-7(14)1-2-9(8)15-11(19)6-17-12(20)4-3-10(18)16-17/h1-5H,6,14H2,(H,15,19)(H,16,18). The molecule has 0 radical (unpaired) electrons. The van der Waals surface area contributed by atoms with E-state index in [2.05, 4.69) is 10.4 Å². The Morgan fingerprint density at radius 2 is 2.05 bits per heavy atom. The van der Waals surface area contributed by atoms with Gasteiger partial charge < -0.3 is 11.1 Å². The number of carbonyl (C=O) groups excluding carboxylic acids is 1. The van der Waals surface area contributed by atoms with Gasteiger partial charge in [0.05, 0.1) is 10.7 Å². The average Bonchev–Trinajstić information content (AvgIpc) is 2.37. The molecule has 0 aliphatic carbocycles. The van der Waals surface area contributed by atoms with Crippen molar-refractivity contribution in [3.63, 3.8) is 0 Å². The van der Waals surface area contributed by atoms with Gasteiger partial charge in [-0.05, 0) is 18.2 Å². The van der Waals surface area contributed by atoms with Gasteiger partial charge in [0.1, 0.15) is 6.54 Å². The number of H-pyrrole nitrogens is 1. The number of carbonyl (C=O) groups is 1. The van der Waals surface area contributed by atoms with Crippen LogP contribution in [0.2, 0.25) is 5.02 Å². The lowest BCUT2D eigenvalue weighted by Gasteiger charge is -2.08. The molecule has 0 atom stereocenters. The number of amides is 1. The number of nitrogens with one attached hydrogen (secondary N) is 2. The van der Waals surface area contributed by atoms with Crippen molar-refractivity contribution in [1.82, 2.24) is 9.78 Å². The molecule has 1 heterocycles. The van der Waals surface area contributed by atoms with Gasteiger partial charge in [0, 0.05) is 17.8 Å². The summed E-state index contributed by atoms with van der Waals surface area (Å²) >= 11 is 5.91. The van der Waals surface area contributed by atoms with Crippen molar-refractivity contribution in [3.8, 4) is 0 Å². The first-order chi connectivity index (χ1) is 9.45. The number of rotatable bonds is 3. The van der Waals surface area contributed by atoms with E-state index in [1.54, 1.807) is 12.1 Å². The largest absolute Gasteiger partial charge is 0.399 e. The molecule has 0 fully saturated rings. The molecule has 0 unspecified atom stereocenters. The molecule has 104 valence electrons. The molecule has 0 bridgehead atoms. The number of aromatic nitrogens is 2. The minimum Gasteiger partial charge on any atom is -0.399 e. The van der Waals surface area contributed by atoms with Crippen molar-refractivity contribution < 1.29 is 4.79 Å². The molecular weight excluding hydrogens is 284 g/mol. The molecule has 1 aromatic carbocycles. The van der Waals surface area contributed by atoms with Gasteiger partial charge in [0.25, 0.3) is 11.1 Å². The summed E-state index contributed by atoms with van der Waals surface area (Å²) < 4.78 is 0.906. The first-order valence-corrected chi connectivity index (χ1v) is 5.98. The smallest absolute Gasteiger partial charge is 0.265 e. The Labute approximate surface area is 118 Å². The van der Waals surface area contributed by atoms with E-state index >= 15 is 0 Å². The number of halogens is 1. The van der Waals surface area contributed by atoms with Gasteiger partial charge in [-0.1, -0.05) is 11.6 Å². The number of nitrogens with two attached hydrogens (primary N) is 1. The number of hydrogen-bond acceptors (Lipinski definition) is 4. The molecule has 20 heavy (non-hydrogen) atoms. The molecule has 0 saturated carbocycles. The summed E-state index contributed by atoms with van der Waals surface area (Å²) in [5.41, 5.74) is 5.42. The summed E-state index contributed by atoms with van der Waals surface area (Å²) in [6, 6.07) is 6.80. The van der Waals surface area contributed by atoms with E-state index in [4.69, 9.17) is 17.3 Å². The fourth-order valence-corrected chi connectivity index (χ4v) is 1.78. The number of nitrogen functional groups attached to an aromatic ring is 1. The minimum absolute atomic E-state index is 0.284. The van der Waals surface area contributed by atoms with E-state index in [1.807, 2.05) is 0 Å². The monoisotopic (exact) mass is 294 g/mol. The quantitative estimate of drug-likeness (QED) is 0.712. The Kier molecular flexibility index (Phi) is 3.90. The van der Waals surface area contributed by atoms with Crippen molar-refractivity contribution in [3.05, 3.63) is 56.1 Å². The Morgan fingerprint density at radius 1 is 1.30 bits per heavy atom. The third-order valence-electron chi connectivity index (χ3n) is 2.46. The molecule has 1 aromatic heterocycles. The molecular formula is C12H11ClN4O3. The molecule has 7 nitrogen and oxygen atoms in total. The van der Waals surface area contributed by atoms with Gasteiger partial charge in [0.15, 0.2) is 0 Å². The lowest BCUT2D eigenvalue weighted by molar-refractivity contribution is -0.117. The third-order valence-corrected chi connectivity index (χ3v) is 2.77. The molecule has 0 aliphatic heterocycles. The topological polar surface area (TPSA) is 110 Å². The van der Waals surface area contributed by atoms with Gasteiger partial charge >= 0.3 is 0 Å². The number of hydrogen-bond donors (Lipinski definition) is 3. The van der Waals surface area contributed by atoms with Crippen LogP contribution in [0.5, 0.6) is 0 Å². The van der Waals surface area contributed by atoms with Crippen molar-refractivity contribution in [2.45, 2.75) is 6.54 Å². The van der Waals surface area contributed by atoms with E-state index in [1.165, 1.54) is 6.07 Å². The Morgan fingerprint density at radius 3 is 2.75 bits per heavy atom. The van der Waals surface area contributed by atoms with Crippen LogP contribution in [0.1, 0.15) is 0 Å². The van der Waals surface area contributed by atoms with Crippen LogP contribution in [0.25, 0.3) is 0 Å². The third kappa shape index (κ3) is 3.27. The molecule has 0 spiro atoms. The zero-order valence-electron chi connectivity index (χ0n) is 10.2.